The predicted molar refractivity (Wildman–Crippen MR) is 84.1 cm³/mol. The zero-order valence-electron chi connectivity index (χ0n) is 11.6. The zero-order valence-corrected chi connectivity index (χ0v) is 12.3. The molecule has 0 saturated carbocycles. The lowest BCUT2D eigenvalue weighted by atomic mass is 10.1. The van der Waals surface area contributed by atoms with E-state index in [1.807, 2.05) is 30.3 Å². The van der Waals surface area contributed by atoms with Gasteiger partial charge in [-0.2, -0.15) is 0 Å². The van der Waals surface area contributed by atoms with Crippen LogP contribution in [0.15, 0.2) is 36.4 Å². The van der Waals surface area contributed by atoms with Crippen molar-refractivity contribution in [1.29, 1.82) is 0 Å². The molecule has 2 N–H and O–H groups in total. The Kier molecular flexibility index (Phi) is 3.71. The number of anilines is 2. The highest BCUT2D eigenvalue weighted by atomic mass is 35.5. The molecular formula is C16H15ClN2O2. The molecule has 0 spiro atoms. The molecule has 21 heavy (non-hydrogen) atoms. The summed E-state index contributed by atoms with van der Waals surface area (Å²) in [6, 6.07) is 11.6. The molecule has 0 fully saturated rings. The molecule has 1 heterocycles. The first kappa shape index (κ1) is 13.8. The quantitative estimate of drug-likeness (QED) is 0.909. The van der Waals surface area contributed by atoms with Crippen LogP contribution in [0, 0.1) is 0 Å². The first-order valence-corrected chi connectivity index (χ1v) is 7.02. The molecule has 4 nitrogen and oxygen atoms in total. The third kappa shape index (κ3) is 2.95. The monoisotopic (exact) mass is 302 g/mol. The van der Waals surface area contributed by atoms with Gasteiger partial charge < -0.3 is 15.4 Å². The van der Waals surface area contributed by atoms with E-state index in [2.05, 4.69) is 10.6 Å². The number of rotatable bonds is 4. The van der Waals surface area contributed by atoms with Crippen LogP contribution in [0.2, 0.25) is 5.02 Å². The fourth-order valence-electron chi connectivity index (χ4n) is 2.32. The number of hydrogen-bond donors (Lipinski definition) is 2. The maximum absolute atomic E-state index is 11.4. The Labute approximate surface area is 128 Å². The van der Waals surface area contributed by atoms with Gasteiger partial charge in [0.1, 0.15) is 5.75 Å². The van der Waals surface area contributed by atoms with Gasteiger partial charge in [-0.1, -0.05) is 23.7 Å². The summed E-state index contributed by atoms with van der Waals surface area (Å²) in [4.78, 5) is 11.4. The fourth-order valence-corrected chi connectivity index (χ4v) is 2.55. The van der Waals surface area contributed by atoms with Crippen LogP contribution in [0.1, 0.15) is 11.1 Å². The maximum atomic E-state index is 11.4. The van der Waals surface area contributed by atoms with Crippen LogP contribution in [-0.4, -0.2) is 13.0 Å². The highest BCUT2D eigenvalue weighted by Gasteiger charge is 2.19. The number of ether oxygens (including phenoxy) is 1. The topological polar surface area (TPSA) is 50.4 Å². The van der Waals surface area contributed by atoms with Crippen LogP contribution < -0.4 is 15.4 Å². The van der Waals surface area contributed by atoms with E-state index in [1.54, 1.807) is 13.2 Å². The molecule has 0 bridgehead atoms. The van der Waals surface area contributed by atoms with Gasteiger partial charge in [0, 0.05) is 12.2 Å². The summed E-state index contributed by atoms with van der Waals surface area (Å²) in [7, 11) is 1.65. The van der Waals surface area contributed by atoms with Gasteiger partial charge >= 0.3 is 0 Å². The van der Waals surface area contributed by atoms with Crippen molar-refractivity contribution in [3.8, 4) is 5.75 Å². The minimum absolute atomic E-state index is 0.00775. The van der Waals surface area contributed by atoms with Crippen LogP contribution in [0.3, 0.4) is 0 Å². The van der Waals surface area contributed by atoms with E-state index in [-0.39, 0.29) is 5.91 Å². The average Bonchev–Trinajstić information content (AvgIpc) is 2.84. The number of carbonyl (C=O) groups excluding carboxylic acids is 1. The van der Waals surface area contributed by atoms with Crippen molar-refractivity contribution in [2.24, 2.45) is 0 Å². The number of methoxy groups -OCH3 is 1. The average molecular weight is 303 g/mol. The lowest BCUT2D eigenvalue weighted by Crippen LogP contribution is -2.03. The normalized spacial score (nSPS) is 12.8. The van der Waals surface area contributed by atoms with Crippen molar-refractivity contribution in [3.63, 3.8) is 0 Å². The van der Waals surface area contributed by atoms with Crippen LogP contribution in [-0.2, 0) is 17.8 Å². The molecule has 0 aliphatic carbocycles. The number of amides is 1. The van der Waals surface area contributed by atoms with Crippen molar-refractivity contribution >= 4 is 28.9 Å². The highest BCUT2D eigenvalue weighted by molar-refractivity contribution is 6.33. The molecule has 0 saturated heterocycles. The summed E-state index contributed by atoms with van der Waals surface area (Å²) in [6.07, 6.45) is 0.406. The molecule has 5 heteroatoms. The van der Waals surface area contributed by atoms with E-state index in [9.17, 15) is 4.79 Å². The summed E-state index contributed by atoms with van der Waals surface area (Å²) < 4.78 is 5.13. The van der Waals surface area contributed by atoms with Crippen LogP contribution in [0.25, 0.3) is 0 Å². The molecule has 2 aromatic rings. The number of hydrogen-bond acceptors (Lipinski definition) is 3. The Morgan fingerprint density at radius 3 is 2.76 bits per heavy atom. The van der Waals surface area contributed by atoms with Gasteiger partial charge in [-0.3, -0.25) is 4.79 Å². The highest BCUT2D eigenvalue weighted by Crippen LogP contribution is 2.33. The summed E-state index contributed by atoms with van der Waals surface area (Å²) in [5, 5.41) is 6.69. The largest absolute Gasteiger partial charge is 0.497 e. The standard InChI is InChI=1S/C16H15ClN2O2/c1-21-12-4-2-10(3-5-12)9-18-15-6-11-7-16(20)19-14(11)8-13(15)17/h2-6,8,18H,7,9H2,1H3,(H,19,20). The van der Waals surface area contributed by atoms with E-state index < -0.39 is 0 Å². The van der Waals surface area contributed by atoms with Crippen molar-refractivity contribution in [1.82, 2.24) is 0 Å². The second-order valence-electron chi connectivity index (χ2n) is 4.92. The Bertz CT molecular complexity index is 683. The molecule has 3 rings (SSSR count). The van der Waals surface area contributed by atoms with E-state index in [1.165, 1.54) is 0 Å². The second kappa shape index (κ2) is 5.66. The van der Waals surface area contributed by atoms with E-state index in [0.717, 1.165) is 28.3 Å². The van der Waals surface area contributed by atoms with Gasteiger partial charge in [0.15, 0.2) is 0 Å². The summed E-state index contributed by atoms with van der Waals surface area (Å²) in [6.45, 7) is 0.657. The third-order valence-corrected chi connectivity index (χ3v) is 3.77. The van der Waals surface area contributed by atoms with Gasteiger partial charge in [-0.05, 0) is 35.4 Å². The summed E-state index contributed by atoms with van der Waals surface area (Å²) in [5.74, 6) is 0.840. The minimum atomic E-state index is 0.00775. The number of fused-ring (bicyclic) bond motifs is 1. The fraction of sp³-hybridized carbons (Fsp3) is 0.188. The van der Waals surface area contributed by atoms with Crippen molar-refractivity contribution in [2.75, 3.05) is 17.7 Å². The van der Waals surface area contributed by atoms with Crippen molar-refractivity contribution in [2.45, 2.75) is 13.0 Å². The van der Waals surface area contributed by atoms with Gasteiger partial charge in [-0.25, -0.2) is 0 Å². The maximum Gasteiger partial charge on any atom is 0.228 e. The molecule has 1 amide bonds. The number of benzene rings is 2. The minimum Gasteiger partial charge on any atom is -0.497 e. The van der Waals surface area contributed by atoms with Gasteiger partial charge in [0.25, 0.3) is 0 Å². The lowest BCUT2D eigenvalue weighted by molar-refractivity contribution is -0.115. The number of carbonyl (C=O) groups is 1. The van der Waals surface area contributed by atoms with E-state index in [4.69, 9.17) is 16.3 Å². The van der Waals surface area contributed by atoms with Crippen molar-refractivity contribution in [3.05, 3.63) is 52.5 Å². The molecule has 108 valence electrons. The summed E-state index contributed by atoms with van der Waals surface area (Å²) >= 11 is 6.24. The number of nitrogens with one attached hydrogen (secondary N) is 2. The second-order valence-corrected chi connectivity index (χ2v) is 5.32. The molecule has 0 radical (unpaired) electrons. The van der Waals surface area contributed by atoms with E-state index in [0.29, 0.717) is 18.0 Å². The first-order chi connectivity index (χ1) is 10.2. The Morgan fingerprint density at radius 2 is 2.05 bits per heavy atom. The predicted octanol–water partition coefficient (Wildman–Crippen LogP) is 3.46. The SMILES string of the molecule is COc1ccc(CNc2cc3c(cc2Cl)NC(=O)C3)cc1. The first-order valence-electron chi connectivity index (χ1n) is 6.65. The Morgan fingerprint density at radius 1 is 1.29 bits per heavy atom. The third-order valence-electron chi connectivity index (χ3n) is 3.46. The molecule has 0 aromatic heterocycles. The number of halogens is 1. The molecular weight excluding hydrogens is 288 g/mol. The van der Waals surface area contributed by atoms with E-state index >= 15 is 0 Å². The molecule has 2 aromatic carbocycles. The smallest absolute Gasteiger partial charge is 0.228 e. The van der Waals surface area contributed by atoms with Gasteiger partial charge in [0.2, 0.25) is 5.91 Å². The molecule has 0 unspecified atom stereocenters. The van der Waals surface area contributed by atoms with Crippen molar-refractivity contribution < 1.29 is 9.53 Å². The molecule has 0 atom stereocenters. The summed E-state index contributed by atoms with van der Waals surface area (Å²) in [5.41, 5.74) is 3.74. The zero-order chi connectivity index (χ0) is 14.8. The van der Waals surface area contributed by atoms with Crippen LogP contribution in [0.4, 0.5) is 11.4 Å². The molecule has 1 aliphatic heterocycles. The lowest BCUT2D eigenvalue weighted by Gasteiger charge is -2.11. The van der Waals surface area contributed by atoms with Crippen LogP contribution in [0.5, 0.6) is 5.75 Å². The van der Waals surface area contributed by atoms with Gasteiger partial charge in [-0.15, -0.1) is 0 Å². The van der Waals surface area contributed by atoms with Gasteiger partial charge in [0.05, 0.1) is 24.2 Å². The Hall–Kier alpha value is -2.20. The Balaban J connectivity index is 1.73. The van der Waals surface area contributed by atoms with Crippen LogP contribution >= 0.6 is 11.6 Å². The molecule has 1 aliphatic rings.